The zero-order valence-corrected chi connectivity index (χ0v) is 15.0. The van der Waals surface area contributed by atoms with Crippen molar-refractivity contribution in [1.29, 1.82) is 0 Å². The van der Waals surface area contributed by atoms with Gasteiger partial charge in [-0.25, -0.2) is 4.79 Å². The lowest BCUT2D eigenvalue weighted by Crippen LogP contribution is -2.04. The van der Waals surface area contributed by atoms with Gasteiger partial charge in [0.1, 0.15) is 29.4 Å². The molecule has 134 valence electrons. The lowest BCUT2D eigenvalue weighted by molar-refractivity contribution is 0.352. The fourth-order valence-corrected chi connectivity index (χ4v) is 2.60. The molecule has 0 fully saturated rings. The highest BCUT2D eigenvalue weighted by molar-refractivity contribution is 5.84. The average Bonchev–Trinajstić information content (AvgIpc) is 2.65. The van der Waals surface area contributed by atoms with E-state index in [4.69, 9.17) is 18.6 Å². The summed E-state index contributed by atoms with van der Waals surface area (Å²) in [6, 6.07) is 12.5. The van der Waals surface area contributed by atoms with E-state index in [1.165, 1.54) is 0 Å². The third-order valence-corrected chi connectivity index (χ3v) is 3.89. The Bertz CT molecular complexity index is 1020. The normalized spacial score (nSPS) is 10.6. The number of methoxy groups -OCH3 is 2. The minimum atomic E-state index is -0.446. The molecule has 0 aliphatic carbocycles. The van der Waals surface area contributed by atoms with Gasteiger partial charge in [0.05, 0.1) is 19.8 Å². The Morgan fingerprint density at radius 2 is 1.77 bits per heavy atom. The first-order chi connectivity index (χ1) is 12.5. The molecular formula is C21H20O5. The Hall–Kier alpha value is -3.21. The molecule has 0 saturated carbocycles. The summed E-state index contributed by atoms with van der Waals surface area (Å²) in [7, 11) is 3.12. The molecule has 0 spiro atoms. The summed E-state index contributed by atoms with van der Waals surface area (Å²) in [6.07, 6.45) is 0. The fraction of sp³-hybridized carbons (Fsp3) is 0.190. The van der Waals surface area contributed by atoms with Crippen LogP contribution in [0.4, 0.5) is 0 Å². The van der Waals surface area contributed by atoms with Crippen LogP contribution in [0.2, 0.25) is 0 Å². The van der Waals surface area contributed by atoms with Crippen LogP contribution in [0.25, 0.3) is 22.1 Å². The van der Waals surface area contributed by atoms with Gasteiger partial charge in [0.2, 0.25) is 0 Å². The van der Waals surface area contributed by atoms with Gasteiger partial charge in [-0.15, -0.1) is 0 Å². The van der Waals surface area contributed by atoms with Crippen LogP contribution in [0.1, 0.15) is 6.92 Å². The van der Waals surface area contributed by atoms with E-state index in [0.717, 1.165) is 11.0 Å². The Morgan fingerprint density at radius 1 is 1.00 bits per heavy atom. The quantitative estimate of drug-likeness (QED) is 0.485. The molecule has 0 aliphatic rings. The van der Waals surface area contributed by atoms with Gasteiger partial charge in [-0.3, -0.25) is 0 Å². The van der Waals surface area contributed by atoms with Crippen LogP contribution in [0.15, 0.2) is 63.8 Å². The summed E-state index contributed by atoms with van der Waals surface area (Å²) in [5, 5.41) is 0.792. The molecular weight excluding hydrogens is 332 g/mol. The molecule has 1 aromatic heterocycles. The summed E-state index contributed by atoms with van der Waals surface area (Å²) in [5.74, 6) is 1.81. The van der Waals surface area contributed by atoms with Crippen LogP contribution in [-0.2, 0) is 0 Å². The van der Waals surface area contributed by atoms with Gasteiger partial charge in [0, 0.05) is 23.1 Å². The first-order valence-electron chi connectivity index (χ1n) is 8.09. The first kappa shape index (κ1) is 17.6. The van der Waals surface area contributed by atoms with Crippen molar-refractivity contribution in [2.75, 3.05) is 20.8 Å². The standard InChI is InChI=1S/C21H20O5/c1-13(2)12-25-16-6-5-14-9-18(21(22)26-19(14)11-16)17-8-7-15(23-3)10-20(17)24-4/h5-11H,1,12H2,2-4H3. The fourth-order valence-electron chi connectivity index (χ4n) is 2.60. The maximum Gasteiger partial charge on any atom is 0.344 e. The van der Waals surface area contributed by atoms with Crippen molar-refractivity contribution in [1.82, 2.24) is 0 Å². The average molecular weight is 352 g/mol. The van der Waals surface area contributed by atoms with E-state index < -0.39 is 5.63 Å². The van der Waals surface area contributed by atoms with Gasteiger partial charge in [0.15, 0.2) is 0 Å². The minimum Gasteiger partial charge on any atom is -0.497 e. The van der Waals surface area contributed by atoms with Crippen molar-refractivity contribution in [3.8, 4) is 28.4 Å². The Labute approximate surface area is 151 Å². The van der Waals surface area contributed by atoms with Crippen molar-refractivity contribution in [2.45, 2.75) is 6.92 Å². The van der Waals surface area contributed by atoms with Gasteiger partial charge in [-0.2, -0.15) is 0 Å². The van der Waals surface area contributed by atoms with Crippen molar-refractivity contribution in [3.05, 3.63) is 65.0 Å². The molecule has 5 nitrogen and oxygen atoms in total. The maximum atomic E-state index is 12.5. The van der Waals surface area contributed by atoms with E-state index in [2.05, 4.69) is 6.58 Å². The highest BCUT2D eigenvalue weighted by atomic mass is 16.5. The predicted octanol–water partition coefficient (Wildman–Crippen LogP) is 4.43. The number of rotatable bonds is 6. The molecule has 3 aromatic rings. The molecule has 0 bridgehead atoms. The van der Waals surface area contributed by atoms with E-state index in [-0.39, 0.29) is 0 Å². The van der Waals surface area contributed by atoms with E-state index in [0.29, 0.717) is 40.6 Å². The van der Waals surface area contributed by atoms with Crippen LogP contribution < -0.4 is 19.8 Å². The molecule has 0 unspecified atom stereocenters. The van der Waals surface area contributed by atoms with E-state index in [1.807, 2.05) is 19.1 Å². The topological polar surface area (TPSA) is 57.9 Å². The number of hydrogen-bond donors (Lipinski definition) is 0. The molecule has 1 heterocycles. The summed E-state index contributed by atoms with van der Waals surface area (Å²) in [6.45, 7) is 6.10. The lowest BCUT2D eigenvalue weighted by atomic mass is 10.0. The van der Waals surface area contributed by atoms with Gasteiger partial charge in [-0.05, 0) is 42.8 Å². The summed E-state index contributed by atoms with van der Waals surface area (Å²) in [5.41, 5.74) is 2.00. The molecule has 26 heavy (non-hydrogen) atoms. The second-order valence-corrected chi connectivity index (χ2v) is 5.96. The molecule has 0 amide bonds. The molecule has 2 aromatic carbocycles. The summed E-state index contributed by atoms with van der Waals surface area (Å²) >= 11 is 0. The lowest BCUT2D eigenvalue weighted by Gasteiger charge is -2.11. The van der Waals surface area contributed by atoms with Crippen molar-refractivity contribution < 1.29 is 18.6 Å². The molecule has 5 heteroatoms. The van der Waals surface area contributed by atoms with Crippen LogP contribution in [-0.4, -0.2) is 20.8 Å². The number of hydrogen-bond acceptors (Lipinski definition) is 5. The van der Waals surface area contributed by atoms with Gasteiger partial charge in [0.25, 0.3) is 0 Å². The number of ether oxygens (including phenoxy) is 3. The highest BCUT2D eigenvalue weighted by Crippen LogP contribution is 2.33. The van der Waals surface area contributed by atoms with Crippen LogP contribution in [0.5, 0.6) is 17.2 Å². The Morgan fingerprint density at radius 3 is 2.46 bits per heavy atom. The monoisotopic (exact) mass is 352 g/mol. The molecule has 0 aliphatic heterocycles. The molecule has 0 saturated heterocycles. The first-order valence-corrected chi connectivity index (χ1v) is 8.09. The number of benzene rings is 2. The smallest absolute Gasteiger partial charge is 0.344 e. The zero-order chi connectivity index (χ0) is 18.7. The molecule has 0 N–H and O–H groups in total. The Balaban J connectivity index is 2.06. The Kier molecular flexibility index (Phi) is 4.98. The van der Waals surface area contributed by atoms with Gasteiger partial charge < -0.3 is 18.6 Å². The third-order valence-electron chi connectivity index (χ3n) is 3.89. The van der Waals surface area contributed by atoms with Crippen molar-refractivity contribution in [2.24, 2.45) is 0 Å². The van der Waals surface area contributed by atoms with Crippen LogP contribution in [0, 0.1) is 0 Å². The third kappa shape index (κ3) is 3.57. The minimum absolute atomic E-state index is 0.414. The van der Waals surface area contributed by atoms with Gasteiger partial charge >= 0.3 is 5.63 Å². The largest absolute Gasteiger partial charge is 0.497 e. The summed E-state index contributed by atoms with van der Waals surface area (Å²) < 4.78 is 21.7. The van der Waals surface area contributed by atoms with E-state index >= 15 is 0 Å². The van der Waals surface area contributed by atoms with Crippen LogP contribution >= 0.6 is 0 Å². The van der Waals surface area contributed by atoms with Gasteiger partial charge in [-0.1, -0.05) is 6.58 Å². The molecule has 0 radical (unpaired) electrons. The summed E-state index contributed by atoms with van der Waals surface area (Å²) in [4.78, 5) is 12.5. The van der Waals surface area contributed by atoms with E-state index in [1.54, 1.807) is 44.6 Å². The maximum absolute atomic E-state index is 12.5. The van der Waals surface area contributed by atoms with E-state index in [9.17, 15) is 4.79 Å². The predicted molar refractivity (Wildman–Crippen MR) is 101 cm³/mol. The van der Waals surface area contributed by atoms with Crippen LogP contribution in [0.3, 0.4) is 0 Å². The molecule has 3 rings (SSSR count). The second-order valence-electron chi connectivity index (χ2n) is 5.96. The zero-order valence-electron chi connectivity index (χ0n) is 15.0. The van der Waals surface area contributed by atoms with Crippen molar-refractivity contribution in [3.63, 3.8) is 0 Å². The highest BCUT2D eigenvalue weighted by Gasteiger charge is 2.14. The number of fused-ring (bicyclic) bond motifs is 1. The molecule has 0 atom stereocenters. The SMILES string of the molecule is C=C(C)COc1ccc2cc(-c3ccc(OC)cc3OC)c(=O)oc2c1. The second kappa shape index (κ2) is 7.35. The van der Waals surface area contributed by atoms with Crippen molar-refractivity contribution >= 4 is 11.0 Å².